The van der Waals surface area contributed by atoms with E-state index in [1.807, 2.05) is 30.6 Å². The molecule has 0 aliphatic carbocycles. The van der Waals surface area contributed by atoms with Crippen molar-refractivity contribution in [3.8, 4) is 21.7 Å². The molecule has 38 heavy (non-hydrogen) atoms. The van der Waals surface area contributed by atoms with Crippen molar-refractivity contribution in [2.75, 3.05) is 57.8 Å². The maximum absolute atomic E-state index is 14.9. The Morgan fingerprint density at radius 3 is 2.87 bits per heavy atom. The molecule has 2 N–H and O–H groups in total. The summed E-state index contributed by atoms with van der Waals surface area (Å²) in [5, 5.41) is 6.93. The van der Waals surface area contributed by atoms with Gasteiger partial charge >= 0.3 is 6.03 Å². The van der Waals surface area contributed by atoms with Crippen LogP contribution >= 0.6 is 11.3 Å². The normalized spacial score (nSPS) is 16.2. The summed E-state index contributed by atoms with van der Waals surface area (Å²) in [6.07, 6.45) is 4.95. The lowest BCUT2D eigenvalue weighted by atomic mass is 10.00. The van der Waals surface area contributed by atoms with E-state index in [0.29, 0.717) is 32.1 Å². The molecule has 2 aliphatic heterocycles. The molecule has 0 radical (unpaired) electrons. The van der Waals surface area contributed by atoms with E-state index in [4.69, 9.17) is 4.74 Å². The quantitative estimate of drug-likeness (QED) is 0.356. The van der Waals surface area contributed by atoms with E-state index >= 15 is 0 Å². The maximum atomic E-state index is 14.9. The van der Waals surface area contributed by atoms with Crippen molar-refractivity contribution in [3.05, 3.63) is 60.3 Å². The molecule has 0 bridgehead atoms. The highest BCUT2D eigenvalue weighted by Gasteiger charge is 2.20. The number of urea groups is 1. The van der Waals surface area contributed by atoms with E-state index < -0.39 is 5.82 Å². The fourth-order valence-corrected chi connectivity index (χ4v) is 6.04. The zero-order valence-electron chi connectivity index (χ0n) is 20.8. The summed E-state index contributed by atoms with van der Waals surface area (Å²) in [6, 6.07) is 10.1. The molecule has 2 fully saturated rings. The molecular weight excluding hydrogens is 505 g/mol. The molecule has 11 heteroatoms. The molecule has 0 saturated carbocycles. The van der Waals surface area contributed by atoms with Crippen molar-refractivity contribution >= 4 is 33.4 Å². The second kappa shape index (κ2) is 11.0. The Bertz CT molecular complexity index is 1460. The van der Waals surface area contributed by atoms with Gasteiger partial charge in [-0.15, -0.1) is 11.3 Å². The summed E-state index contributed by atoms with van der Waals surface area (Å²) in [6.45, 7) is 6.41. The fourth-order valence-electron chi connectivity index (χ4n) is 4.86. The fraction of sp³-hybridized carbons (Fsp3) is 0.333. The number of carbonyl (C=O) groups is 1. The van der Waals surface area contributed by atoms with Crippen LogP contribution in [0, 0.1) is 5.82 Å². The zero-order valence-corrected chi connectivity index (χ0v) is 21.6. The molecule has 1 aromatic carbocycles. The Balaban J connectivity index is 1.27. The summed E-state index contributed by atoms with van der Waals surface area (Å²) >= 11 is 1.52. The van der Waals surface area contributed by atoms with Crippen LogP contribution in [-0.2, 0) is 11.3 Å². The van der Waals surface area contributed by atoms with Gasteiger partial charge in [0.05, 0.1) is 24.3 Å². The molecule has 2 aliphatic rings. The lowest BCUT2D eigenvalue weighted by molar-refractivity contribution is 0.0342. The highest BCUT2D eigenvalue weighted by atomic mass is 32.1. The number of benzene rings is 1. The topological polar surface area (TPSA) is 95.5 Å². The van der Waals surface area contributed by atoms with Crippen LogP contribution in [0.3, 0.4) is 0 Å². The summed E-state index contributed by atoms with van der Waals surface area (Å²) in [5.41, 5.74) is 3.64. The predicted molar refractivity (Wildman–Crippen MR) is 146 cm³/mol. The van der Waals surface area contributed by atoms with Gasteiger partial charge in [0.25, 0.3) is 0 Å². The van der Waals surface area contributed by atoms with Crippen molar-refractivity contribution in [2.45, 2.75) is 6.54 Å². The third-order valence-electron chi connectivity index (χ3n) is 6.82. The average molecular weight is 534 g/mol. The van der Waals surface area contributed by atoms with Crippen molar-refractivity contribution in [1.29, 1.82) is 0 Å². The lowest BCUT2D eigenvalue weighted by Gasteiger charge is -2.27. The first-order chi connectivity index (χ1) is 18.7. The van der Waals surface area contributed by atoms with Crippen molar-refractivity contribution < 1.29 is 13.9 Å². The highest BCUT2D eigenvalue weighted by molar-refractivity contribution is 7.22. The number of fused-ring (bicyclic) bond motifs is 1. The molecule has 2 saturated heterocycles. The van der Waals surface area contributed by atoms with E-state index in [2.05, 4.69) is 42.6 Å². The summed E-state index contributed by atoms with van der Waals surface area (Å²) in [7, 11) is 0. The van der Waals surface area contributed by atoms with Crippen molar-refractivity contribution in [3.63, 3.8) is 0 Å². The van der Waals surface area contributed by atoms with E-state index in [1.165, 1.54) is 17.5 Å². The van der Waals surface area contributed by atoms with Crippen LogP contribution in [0.4, 0.5) is 15.1 Å². The van der Waals surface area contributed by atoms with Crippen LogP contribution in [0.25, 0.3) is 31.8 Å². The number of hydrogen-bond donors (Lipinski definition) is 2. The number of pyridine rings is 1. The second-order valence-electron chi connectivity index (χ2n) is 9.29. The molecular formula is C27H28FN7O2S. The number of aromatic nitrogens is 3. The van der Waals surface area contributed by atoms with Crippen LogP contribution in [-0.4, -0.2) is 83.3 Å². The van der Waals surface area contributed by atoms with Crippen molar-refractivity contribution in [1.82, 2.24) is 30.1 Å². The summed E-state index contributed by atoms with van der Waals surface area (Å²) in [4.78, 5) is 29.5. The third-order valence-corrected chi connectivity index (χ3v) is 8.01. The predicted octanol–water partition coefficient (Wildman–Crippen LogP) is 3.83. The molecule has 4 aromatic rings. The first-order valence-electron chi connectivity index (χ1n) is 12.7. The molecule has 2 amide bonds. The Morgan fingerprint density at radius 1 is 1.13 bits per heavy atom. The Kier molecular flexibility index (Phi) is 7.12. The number of carbonyl (C=O) groups excluding carboxylic acids is 1. The van der Waals surface area contributed by atoms with Gasteiger partial charge in [-0.1, -0.05) is 18.2 Å². The smallest absolute Gasteiger partial charge is 0.317 e. The van der Waals surface area contributed by atoms with E-state index in [0.717, 1.165) is 64.5 Å². The standard InChI is InChI=1S/C27H28FN7O2S/c28-22-16-32-26(30-6-8-35-9-7-31-27(35)36)33-24(22)23-14-18-2-1-3-21(25(18)38-23)20-4-5-29-15-19(20)17-34-10-12-37-13-11-34/h1-5,14-16H,6-13,17H2,(H,31,36)(H,30,32,33). The number of morpholine rings is 1. The van der Waals surface area contributed by atoms with Gasteiger partial charge in [0.1, 0.15) is 5.69 Å². The largest absolute Gasteiger partial charge is 0.379 e. The molecule has 9 nitrogen and oxygen atoms in total. The number of amides is 2. The molecule has 0 spiro atoms. The van der Waals surface area contributed by atoms with Crippen molar-refractivity contribution in [2.24, 2.45) is 0 Å². The van der Waals surface area contributed by atoms with Gasteiger partial charge in [-0.2, -0.15) is 0 Å². The minimum Gasteiger partial charge on any atom is -0.379 e. The van der Waals surface area contributed by atoms with Crippen LogP contribution in [0.15, 0.2) is 48.9 Å². The van der Waals surface area contributed by atoms with E-state index in [9.17, 15) is 9.18 Å². The van der Waals surface area contributed by atoms with Gasteiger partial charge in [-0.25, -0.2) is 19.2 Å². The first-order valence-corrected chi connectivity index (χ1v) is 13.5. The van der Waals surface area contributed by atoms with Gasteiger partial charge < -0.3 is 20.3 Å². The minimum atomic E-state index is -0.473. The lowest BCUT2D eigenvalue weighted by Crippen LogP contribution is -2.35. The van der Waals surface area contributed by atoms with E-state index in [-0.39, 0.29) is 11.7 Å². The highest BCUT2D eigenvalue weighted by Crippen LogP contribution is 2.40. The number of anilines is 1. The zero-order chi connectivity index (χ0) is 25.9. The monoisotopic (exact) mass is 533 g/mol. The number of rotatable bonds is 8. The Morgan fingerprint density at radius 2 is 2.03 bits per heavy atom. The number of halogens is 1. The van der Waals surface area contributed by atoms with Crippen LogP contribution in [0.2, 0.25) is 0 Å². The van der Waals surface area contributed by atoms with E-state index in [1.54, 1.807) is 4.90 Å². The summed E-state index contributed by atoms with van der Waals surface area (Å²) in [5.74, 6) is -0.139. The first kappa shape index (κ1) is 24.7. The molecule has 6 rings (SSSR count). The third kappa shape index (κ3) is 5.17. The van der Waals surface area contributed by atoms with Gasteiger partial charge in [-0.05, 0) is 34.2 Å². The number of hydrogen-bond acceptors (Lipinski definition) is 8. The second-order valence-corrected chi connectivity index (χ2v) is 10.3. The minimum absolute atomic E-state index is 0.0732. The average Bonchev–Trinajstić information content (AvgIpc) is 3.56. The van der Waals surface area contributed by atoms with Gasteiger partial charge in [0.15, 0.2) is 5.82 Å². The SMILES string of the molecule is O=C1NCCN1CCNc1ncc(F)c(-c2cc3cccc(-c4ccncc4CN4CCOCC4)c3s2)n1. The molecule has 0 atom stereocenters. The Labute approximate surface area is 223 Å². The van der Waals surface area contributed by atoms with Crippen LogP contribution in [0.5, 0.6) is 0 Å². The van der Waals surface area contributed by atoms with Crippen LogP contribution < -0.4 is 10.6 Å². The number of nitrogens with zero attached hydrogens (tertiary/aromatic N) is 5. The van der Waals surface area contributed by atoms with Gasteiger partial charge in [0, 0.05) is 62.9 Å². The molecule has 196 valence electrons. The summed E-state index contributed by atoms with van der Waals surface area (Å²) < 4.78 is 21.5. The Hall–Kier alpha value is -3.67. The van der Waals surface area contributed by atoms with Crippen LogP contribution in [0.1, 0.15) is 5.56 Å². The number of nitrogens with one attached hydrogen (secondary N) is 2. The molecule has 5 heterocycles. The maximum Gasteiger partial charge on any atom is 0.317 e. The van der Waals surface area contributed by atoms with Gasteiger partial charge in [0.2, 0.25) is 5.95 Å². The van der Waals surface area contributed by atoms with Gasteiger partial charge in [-0.3, -0.25) is 9.88 Å². The number of ether oxygens (including phenoxy) is 1. The number of thiophene rings is 1. The molecule has 3 aromatic heterocycles. The molecule has 0 unspecified atom stereocenters.